The van der Waals surface area contributed by atoms with Gasteiger partial charge in [0.15, 0.2) is 0 Å². The summed E-state index contributed by atoms with van der Waals surface area (Å²) in [6.07, 6.45) is 1.69. The summed E-state index contributed by atoms with van der Waals surface area (Å²) in [5, 5.41) is 20.0. The number of nitrogens with zero attached hydrogens (tertiary/aromatic N) is 3. The zero-order chi connectivity index (χ0) is 16.9. The fourth-order valence-electron chi connectivity index (χ4n) is 2.25. The maximum atomic E-state index is 9.62. The molecule has 0 saturated carbocycles. The van der Waals surface area contributed by atoms with Crippen molar-refractivity contribution in [3.05, 3.63) is 64.3 Å². The summed E-state index contributed by atoms with van der Waals surface area (Å²) < 4.78 is 7.13. The van der Waals surface area contributed by atoms with Crippen LogP contribution in [-0.2, 0) is 7.05 Å². The number of aromatic hydroxyl groups is 1. The van der Waals surface area contributed by atoms with Crippen LogP contribution in [0.2, 0.25) is 0 Å². The molecule has 0 aliphatic rings. The highest BCUT2D eigenvalue weighted by Crippen LogP contribution is 2.22. The minimum atomic E-state index is 0.244. The van der Waals surface area contributed by atoms with Gasteiger partial charge in [-0.25, -0.2) is 0 Å². The van der Waals surface area contributed by atoms with Crippen LogP contribution in [0.5, 0.6) is 11.5 Å². The van der Waals surface area contributed by atoms with E-state index in [-0.39, 0.29) is 5.75 Å². The van der Waals surface area contributed by atoms with Crippen LogP contribution in [0.25, 0.3) is 11.3 Å². The first kappa shape index (κ1) is 16.0. The molecule has 1 N–H and O–H groups in total. The molecule has 2 aromatic carbocycles. The zero-order valence-electron chi connectivity index (χ0n) is 13.4. The Bertz CT molecular complexity index is 941. The SMILES string of the molecule is COc1cccc(/C=N/N=c2/scc(-c3cccc(O)c3)n2C)c1. The van der Waals surface area contributed by atoms with Crippen LogP contribution >= 0.6 is 11.3 Å². The zero-order valence-corrected chi connectivity index (χ0v) is 14.2. The molecule has 1 heterocycles. The number of benzene rings is 2. The van der Waals surface area contributed by atoms with Crippen molar-refractivity contribution in [3.63, 3.8) is 0 Å². The van der Waals surface area contributed by atoms with Gasteiger partial charge in [0.05, 0.1) is 19.0 Å². The Morgan fingerprint density at radius 1 is 1.17 bits per heavy atom. The van der Waals surface area contributed by atoms with E-state index in [0.717, 1.165) is 27.4 Å². The predicted octanol–water partition coefficient (Wildman–Crippen LogP) is 3.40. The average molecular weight is 339 g/mol. The number of phenols is 1. The Morgan fingerprint density at radius 3 is 2.79 bits per heavy atom. The molecule has 24 heavy (non-hydrogen) atoms. The van der Waals surface area contributed by atoms with Crippen LogP contribution in [0, 0.1) is 0 Å². The number of ether oxygens (including phenoxy) is 1. The van der Waals surface area contributed by atoms with Gasteiger partial charge in [-0.15, -0.1) is 16.4 Å². The molecule has 3 aromatic rings. The number of phenolic OH excluding ortho intramolecular Hbond substituents is 1. The van der Waals surface area contributed by atoms with Gasteiger partial charge in [-0.2, -0.15) is 5.10 Å². The molecule has 6 heteroatoms. The van der Waals surface area contributed by atoms with E-state index in [2.05, 4.69) is 10.2 Å². The highest BCUT2D eigenvalue weighted by atomic mass is 32.1. The summed E-state index contributed by atoms with van der Waals surface area (Å²) in [6.45, 7) is 0. The van der Waals surface area contributed by atoms with E-state index in [1.165, 1.54) is 11.3 Å². The predicted molar refractivity (Wildman–Crippen MR) is 96.5 cm³/mol. The molecule has 3 rings (SSSR count). The van der Waals surface area contributed by atoms with E-state index in [9.17, 15) is 5.11 Å². The van der Waals surface area contributed by atoms with Crippen LogP contribution in [0.3, 0.4) is 0 Å². The lowest BCUT2D eigenvalue weighted by atomic mass is 10.1. The molecule has 1 aromatic heterocycles. The van der Waals surface area contributed by atoms with Crippen molar-refractivity contribution in [2.75, 3.05) is 7.11 Å². The van der Waals surface area contributed by atoms with Gasteiger partial charge in [-0.05, 0) is 29.8 Å². The fourth-order valence-corrected chi connectivity index (χ4v) is 3.12. The topological polar surface area (TPSA) is 59.1 Å². The summed E-state index contributed by atoms with van der Waals surface area (Å²) in [5.41, 5.74) is 2.84. The molecule has 5 nitrogen and oxygen atoms in total. The van der Waals surface area contributed by atoms with Gasteiger partial charge >= 0.3 is 0 Å². The monoisotopic (exact) mass is 339 g/mol. The largest absolute Gasteiger partial charge is 0.508 e. The van der Waals surface area contributed by atoms with Gasteiger partial charge in [0.25, 0.3) is 0 Å². The lowest BCUT2D eigenvalue weighted by Gasteiger charge is -2.02. The molecular formula is C18H17N3O2S. The quantitative estimate of drug-likeness (QED) is 0.585. The third-order valence-electron chi connectivity index (χ3n) is 3.51. The van der Waals surface area contributed by atoms with Gasteiger partial charge in [0.2, 0.25) is 4.80 Å². The van der Waals surface area contributed by atoms with Gasteiger partial charge in [0.1, 0.15) is 11.5 Å². The first-order chi connectivity index (χ1) is 11.7. The standard InChI is InChI=1S/C18H17N3O2S/c1-21-17(14-6-4-7-15(22)10-14)12-24-18(21)20-19-11-13-5-3-8-16(9-13)23-2/h3-12,22H,1-2H3/b19-11+,20-18+. The molecule has 0 fully saturated rings. The van der Waals surface area contributed by atoms with Crippen molar-refractivity contribution in [2.45, 2.75) is 0 Å². The summed E-state index contributed by atoms with van der Waals surface area (Å²) in [7, 11) is 3.56. The summed E-state index contributed by atoms with van der Waals surface area (Å²) in [4.78, 5) is 0.771. The summed E-state index contributed by atoms with van der Waals surface area (Å²) in [6, 6.07) is 14.8. The van der Waals surface area contributed by atoms with E-state index in [1.807, 2.05) is 53.4 Å². The van der Waals surface area contributed by atoms with Gasteiger partial charge in [0, 0.05) is 18.0 Å². The fraction of sp³-hybridized carbons (Fsp3) is 0.111. The van der Waals surface area contributed by atoms with Crippen LogP contribution in [-0.4, -0.2) is 23.0 Å². The number of hydrogen-bond acceptors (Lipinski definition) is 5. The third kappa shape index (κ3) is 3.55. The number of methoxy groups -OCH3 is 1. The van der Waals surface area contributed by atoms with Crippen molar-refractivity contribution in [1.82, 2.24) is 4.57 Å². The summed E-state index contributed by atoms with van der Waals surface area (Å²) in [5.74, 6) is 1.03. The smallest absolute Gasteiger partial charge is 0.210 e. The van der Waals surface area contributed by atoms with Crippen molar-refractivity contribution in [3.8, 4) is 22.8 Å². The first-order valence-corrected chi connectivity index (χ1v) is 8.20. The third-order valence-corrected chi connectivity index (χ3v) is 4.42. The molecule has 0 amide bonds. The molecule has 0 aliphatic carbocycles. The van der Waals surface area contributed by atoms with Gasteiger partial charge < -0.3 is 14.4 Å². The Labute approximate surface area is 143 Å². The molecule has 0 atom stereocenters. The van der Waals surface area contributed by atoms with Crippen molar-refractivity contribution in [2.24, 2.45) is 17.3 Å². The van der Waals surface area contributed by atoms with Crippen molar-refractivity contribution < 1.29 is 9.84 Å². The lowest BCUT2D eigenvalue weighted by Crippen LogP contribution is -2.10. The Balaban J connectivity index is 1.87. The minimum absolute atomic E-state index is 0.244. The number of aromatic nitrogens is 1. The lowest BCUT2D eigenvalue weighted by molar-refractivity contribution is 0.415. The van der Waals surface area contributed by atoms with Crippen molar-refractivity contribution in [1.29, 1.82) is 0 Å². The Morgan fingerprint density at radius 2 is 2.00 bits per heavy atom. The molecule has 0 saturated heterocycles. The number of thiazole rings is 1. The van der Waals surface area contributed by atoms with Crippen LogP contribution in [0.1, 0.15) is 5.56 Å². The van der Waals surface area contributed by atoms with E-state index < -0.39 is 0 Å². The normalized spacial score (nSPS) is 12.0. The molecule has 0 spiro atoms. The van der Waals surface area contributed by atoms with E-state index in [4.69, 9.17) is 4.74 Å². The van der Waals surface area contributed by atoms with E-state index in [1.54, 1.807) is 25.5 Å². The first-order valence-electron chi connectivity index (χ1n) is 7.32. The second-order valence-corrected chi connectivity index (χ2v) is 5.97. The van der Waals surface area contributed by atoms with Crippen LogP contribution in [0.4, 0.5) is 0 Å². The van der Waals surface area contributed by atoms with Crippen LogP contribution < -0.4 is 9.54 Å². The molecule has 0 unspecified atom stereocenters. The second kappa shape index (κ2) is 7.14. The molecule has 0 radical (unpaired) electrons. The maximum Gasteiger partial charge on any atom is 0.210 e. The van der Waals surface area contributed by atoms with E-state index >= 15 is 0 Å². The number of rotatable bonds is 4. The van der Waals surface area contributed by atoms with E-state index in [0.29, 0.717) is 0 Å². The molecular weight excluding hydrogens is 322 g/mol. The van der Waals surface area contributed by atoms with Gasteiger partial charge in [-0.3, -0.25) is 0 Å². The van der Waals surface area contributed by atoms with Crippen molar-refractivity contribution >= 4 is 17.6 Å². The molecule has 122 valence electrons. The second-order valence-electron chi connectivity index (χ2n) is 5.13. The molecule has 0 bridgehead atoms. The Hall–Kier alpha value is -2.86. The maximum absolute atomic E-state index is 9.62. The van der Waals surface area contributed by atoms with Crippen LogP contribution in [0.15, 0.2) is 64.1 Å². The highest BCUT2D eigenvalue weighted by Gasteiger charge is 2.05. The molecule has 0 aliphatic heterocycles. The average Bonchev–Trinajstić information content (AvgIpc) is 2.96. The minimum Gasteiger partial charge on any atom is -0.508 e. The van der Waals surface area contributed by atoms with Gasteiger partial charge in [-0.1, -0.05) is 24.3 Å². The highest BCUT2D eigenvalue weighted by molar-refractivity contribution is 7.07. The Kier molecular flexibility index (Phi) is 4.77. The summed E-state index contributed by atoms with van der Waals surface area (Å²) >= 11 is 1.50. The number of hydrogen-bond donors (Lipinski definition) is 1.